The molecule has 4 rings (SSSR count). The highest BCUT2D eigenvalue weighted by atomic mass is 19.1. The molecule has 3 heteroatoms. The molecule has 29 heavy (non-hydrogen) atoms. The third kappa shape index (κ3) is 4.07. The maximum absolute atomic E-state index is 13.5. The summed E-state index contributed by atoms with van der Waals surface area (Å²) in [6, 6.07) is 16.7. The van der Waals surface area contributed by atoms with Crippen LogP contribution in [0.3, 0.4) is 0 Å². The average molecular weight is 385 g/mol. The summed E-state index contributed by atoms with van der Waals surface area (Å²) in [5.74, 6) is 4.14. The number of allylic oxidation sites excluding steroid dienone is 1. The van der Waals surface area contributed by atoms with Gasteiger partial charge >= 0.3 is 0 Å². The summed E-state index contributed by atoms with van der Waals surface area (Å²) < 4.78 is 27.1. The molecule has 1 aliphatic rings. The first-order valence-corrected chi connectivity index (χ1v) is 9.73. The minimum atomic E-state index is -0.794. The van der Waals surface area contributed by atoms with Gasteiger partial charge in [-0.1, -0.05) is 61.1 Å². The Bertz CT molecular complexity index is 1140. The molecule has 0 unspecified atom stereocenters. The molecule has 0 spiro atoms. The van der Waals surface area contributed by atoms with Gasteiger partial charge in [-0.25, -0.2) is 8.78 Å². The lowest BCUT2D eigenvalue weighted by Gasteiger charge is -2.05. The Kier molecular flexibility index (Phi) is 5.18. The fourth-order valence-electron chi connectivity index (χ4n) is 3.61. The van der Waals surface area contributed by atoms with Gasteiger partial charge in [0.1, 0.15) is 17.3 Å². The molecule has 144 valence electrons. The second kappa shape index (κ2) is 7.93. The van der Waals surface area contributed by atoms with E-state index in [-0.39, 0.29) is 5.56 Å². The van der Waals surface area contributed by atoms with Crippen molar-refractivity contribution in [1.29, 1.82) is 0 Å². The van der Waals surface area contributed by atoms with Crippen LogP contribution >= 0.6 is 0 Å². The standard InChI is InChI=1S/C26H21F2N/c1-2-3-18-12-21-10-11-22(16-23(21)13-18)20-8-6-17(7-9-20)4-5-19-14-24(27)26(29)25(28)15-19/h6-11,13-16H,2-3,12,29H2,1H3. The third-order valence-electron chi connectivity index (χ3n) is 5.14. The van der Waals surface area contributed by atoms with Crippen LogP contribution in [0.4, 0.5) is 14.5 Å². The molecule has 0 radical (unpaired) electrons. The van der Waals surface area contributed by atoms with Gasteiger partial charge < -0.3 is 5.73 Å². The smallest absolute Gasteiger partial charge is 0.150 e. The van der Waals surface area contributed by atoms with Crippen LogP contribution in [0.15, 0.2) is 60.2 Å². The predicted molar refractivity (Wildman–Crippen MR) is 115 cm³/mol. The summed E-state index contributed by atoms with van der Waals surface area (Å²) in [6.07, 6.45) is 5.70. The summed E-state index contributed by atoms with van der Waals surface area (Å²) in [7, 11) is 0. The summed E-state index contributed by atoms with van der Waals surface area (Å²) in [5.41, 5.74) is 12.3. The molecule has 1 nitrogen and oxygen atoms in total. The van der Waals surface area contributed by atoms with Crippen molar-refractivity contribution < 1.29 is 8.78 Å². The molecule has 0 saturated heterocycles. The summed E-state index contributed by atoms with van der Waals surface area (Å²) in [4.78, 5) is 0. The quantitative estimate of drug-likeness (QED) is 0.412. The largest absolute Gasteiger partial charge is 0.394 e. The molecule has 0 bridgehead atoms. The Morgan fingerprint density at radius 1 is 0.862 bits per heavy atom. The lowest BCUT2D eigenvalue weighted by atomic mass is 9.99. The lowest BCUT2D eigenvalue weighted by Crippen LogP contribution is -1.96. The number of nitrogen functional groups attached to an aromatic ring is 1. The highest BCUT2D eigenvalue weighted by Gasteiger charge is 2.12. The Balaban J connectivity index is 1.55. The number of hydrogen-bond donors (Lipinski definition) is 1. The molecule has 0 amide bonds. The highest BCUT2D eigenvalue weighted by Crippen LogP contribution is 2.31. The van der Waals surface area contributed by atoms with E-state index in [2.05, 4.69) is 43.0 Å². The predicted octanol–water partition coefficient (Wildman–Crippen LogP) is 6.35. The lowest BCUT2D eigenvalue weighted by molar-refractivity contribution is 0.591. The monoisotopic (exact) mass is 385 g/mol. The van der Waals surface area contributed by atoms with Gasteiger partial charge in [0, 0.05) is 11.1 Å². The van der Waals surface area contributed by atoms with Crippen LogP contribution < -0.4 is 5.73 Å². The zero-order valence-electron chi connectivity index (χ0n) is 16.2. The third-order valence-corrected chi connectivity index (χ3v) is 5.14. The number of rotatable bonds is 3. The van der Waals surface area contributed by atoms with Gasteiger partial charge in [-0.3, -0.25) is 0 Å². The fourth-order valence-corrected chi connectivity index (χ4v) is 3.61. The number of anilines is 1. The summed E-state index contributed by atoms with van der Waals surface area (Å²) in [6.45, 7) is 2.21. The first-order chi connectivity index (χ1) is 14.0. The van der Waals surface area contributed by atoms with Crippen LogP contribution in [0.25, 0.3) is 17.2 Å². The molecule has 0 aromatic heterocycles. The Labute approximate surface area is 169 Å². The van der Waals surface area contributed by atoms with Crippen molar-refractivity contribution in [2.24, 2.45) is 0 Å². The van der Waals surface area contributed by atoms with Crippen molar-refractivity contribution in [3.8, 4) is 23.0 Å². The molecule has 0 aliphatic heterocycles. The second-order valence-electron chi connectivity index (χ2n) is 7.32. The first-order valence-electron chi connectivity index (χ1n) is 9.73. The first kappa shape index (κ1) is 19.0. The molecule has 0 fully saturated rings. The highest BCUT2D eigenvalue weighted by molar-refractivity contribution is 5.73. The van der Waals surface area contributed by atoms with Crippen LogP contribution in [0.2, 0.25) is 0 Å². The molecule has 0 saturated carbocycles. The molecule has 0 atom stereocenters. The molecule has 2 N–H and O–H groups in total. The normalized spacial score (nSPS) is 12.2. The number of benzene rings is 3. The maximum atomic E-state index is 13.5. The molecule has 3 aromatic rings. The Hall–Kier alpha value is -3.38. The van der Waals surface area contributed by atoms with Crippen molar-refractivity contribution in [1.82, 2.24) is 0 Å². The van der Waals surface area contributed by atoms with Gasteiger partial charge in [-0.2, -0.15) is 0 Å². The van der Waals surface area contributed by atoms with E-state index in [0.717, 1.165) is 36.1 Å². The van der Waals surface area contributed by atoms with Gasteiger partial charge in [0.15, 0.2) is 0 Å². The topological polar surface area (TPSA) is 26.0 Å². The van der Waals surface area contributed by atoms with Crippen molar-refractivity contribution >= 4 is 11.8 Å². The Morgan fingerprint density at radius 3 is 2.21 bits per heavy atom. The van der Waals surface area contributed by atoms with Crippen molar-refractivity contribution in [2.75, 3.05) is 5.73 Å². The van der Waals surface area contributed by atoms with E-state index in [4.69, 9.17) is 5.73 Å². The SMILES string of the molecule is CCCC1=Cc2cc(-c3ccc(C#Cc4cc(F)c(N)c(F)c4)cc3)ccc2C1. The minimum Gasteiger partial charge on any atom is -0.394 e. The molecular formula is C26H21F2N. The van der Waals surface area contributed by atoms with E-state index >= 15 is 0 Å². The second-order valence-corrected chi connectivity index (χ2v) is 7.32. The molecular weight excluding hydrogens is 364 g/mol. The van der Waals surface area contributed by atoms with Crippen LogP contribution in [-0.4, -0.2) is 0 Å². The number of fused-ring (bicyclic) bond motifs is 1. The number of halogens is 2. The number of nitrogens with two attached hydrogens (primary N) is 1. The number of hydrogen-bond acceptors (Lipinski definition) is 1. The van der Waals surface area contributed by atoms with E-state index < -0.39 is 17.3 Å². The van der Waals surface area contributed by atoms with Gasteiger partial charge in [0.05, 0.1) is 0 Å². The van der Waals surface area contributed by atoms with Crippen LogP contribution in [-0.2, 0) is 6.42 Å². The van der Waals surface area contributed by atoms with Crippen LogP contribution in [0.5, 0.6) is 0 Å². The summed E-state index contributed by atoms with van der Waals surface area (Å²) >= 11 is 0. The van der Waals surface area contributed by atoms with Crippen molar-refractivity contribution in [3.05, 3.63) is 94.1 Å². The van der Waals surface area contributed by atoms with Crippen LogP contribution in [0, 0.1) is 23.5 Å². The van der Waals surface area contributed by atoms with E-state index in [1.54, 1.807) is 0 Å². The molecule has 0 heterocycles. The van der Waals surface area contributed by atoms with Gasteiger partial charge in [-0.15, -0.1) is 0 Å². The van der Waals surface area contributed by atoms with E-state index in [9.17, 15) is 8.78 Å². The van der Waals surface area contributed by atoms with Crippen LogP contribution in [0.1, 0.15) is 42.0 Å². The van der Waals surface area contributed by atoms with Crippen molar-refractivity contribution in [3.63, 3.8) is 0 Å². The minimum absolute atomic E-state index is 0.256. The average Bonchev–Trinajstić information content (AvgIpc) is 3.12. The van der Waals surface area contributed by atoms with E-state index in [1.807, 2.05) is 24.3 Å². The van der Waals surface area contributed by atoms with Crippen molar-refractivity contribution in [2.45, 2.75) is 26.2 Å². The van der Waals surface area contributed by atoms with E-state index in [1.165, 1.54) is 28.7 Å². The zero-order valence-corrected chi connectivity index (χ0v) is 16.2. The molecule has 3 aromatic carbocycles. The maximum Gasteiger partial charge on any atom is 0.150 e. The fraction of sp³-hybridized carbons (Fsp3) is 0.154. The van der Waals surface area contributed by atoms with Gasteiger partial charge in [-0.05, 0) is 65.4 Å². The van der Waals surface area contributed by atoms with Gasteiger partial charge in [0.2, 0.25) is 0 Å². The Morgan fingerprint density at radius 2 is 1.52 bits per heavy atom. The summed E-state index contributed by atoms with van der Waals surface area (Å²) in [5, 5.41) is 0. The van der Waals surface area contributed by atoms with Gasteiger partial charge in [0.25, 0.3) is 0 Å². The molecule has 1 aliphatic carbocycles. The zero-order chi connectivity index (χ0) is 20.4. The van der Waals surface area contributed by atoms with E-state index in [0.29, 0.717) is 0 Å².